The van der Waals surface area contributed by atoms with Gasteiger partial charge in [-0.15, -0.1) is 0 Å². The van der Waals surface area contributed by atoms with Crippen molar-refractivity contribution in [2.75, 3.05) is 53.7 Å². The fourth-order valence-electron chi connectivity index (χ4n) is 5.77. The van der Waals surface area contributed by atoms with Gasteiger partial charge in [0.1, 0.15) is 42.0 Å². The van der Waals surface area contributed by atoms with E-state index in [1.165, 1.54) is 7.11 Å². The molecule has 314 valence electrons. The number of aryl methyl sites for hydroxylation is 1. The normalized spacial score (nSPS) is 10.7. The Bertz CT molecular complexity index is 2100. The molecule has 59 heavy (non-hydrogen) atoms. The molecule has 2 amide bonds. The predicted molar refractivity (Wildman–Crippen MR) is 205 cm³/mol. The molecule has 0 aromatic heterocycles. The Labute approximate surface area is 338 Å². The van der Waals surface area contributed by atoms with Crippen molar-refractivity contribution < 1.29 is 77.1 Å². The first-order valence-corrected chi connectivity index (χ1v) is 17.8. The lowest BCUT2D eigenvalue weighted by atomic mass is 9.95. The van der Waals surface area contributed by atoms with E-state index in [9.17, 15) is 24.0 Å². The zero-order chi connectivity index (χ0) is 42.7. The van der Waals surface area contributed by atoms with Crippen molar-refractivity contribution in [1.82, 2.24) is 0 Å². The molecule has 0 spiro atoms. The number of para-hydroxylation sites is 1. The van der Waals surface area contributed by atoms with Gasteiger partial charge in [0.25, 0.3) is 0 Å². The van der Waals surface area contributed by atoms with E-state index < -0.39 is 56.1 Å². The molecule has 0 radical (unpaired) electrons. The molecule has 0 aliphatic carbocycles. The van der Waals surface area contributed by atoms with Gasteiger partial charge in [-0.3, -0.25) is 14.5 Å². The molecule has 0 unspecified atom stereocenters. The highest BCUT2D eigenvalue weighted by molar-refractivity contribution is 5.75. The van der Waals surface area contributed by atoms with Crippen molar-refractivity contribution in [3.8, 4) is 28.7 Å². The highest BCUT2D eigenvalue weighted by Crippen LogP contribution is 2.33. The third kappa shape index (κ3) is 15.9. The van der Waals surface area contributed by atoms with Gasteiger partial charge in [-0.1, -0.05) is 30.3 Å². The summed E-state index contributed by atoms with van der Waals surface area (Å²) in [7, 11) is 1.53. The molecule has 0 saturated heterocycles. The molecule has 0 fully saturated rings. The van der Waals surface area contributed by atoms with Gasteiger partial charge in [-0.05, 0) is 89.2 Å². The Balaban J connectivity index is 1.66. The maximum atomic E-state index is 12.1. The molecule has 6 N–H and O–H groups in total. The van der Waals surface area contributed by atoms with Crippen molar-refractivity contribution in [2.45, 2.75) is 26.2 Å². The lowest BCUT2D eigenvalue weighted by Gasteiger charge is -2.17. The van der Waals surface area contributed by atoms with Crippen molar-refractivity contribution in [1.29, 1.82) is 0 Å². The monoisotopic (exact) mass is 820 g/mol. The fraction of sp³-hybridized carbons (Fsp3) is 0.293. The van der Waals surface area contributed by atoms with E-state index in [-0.39, 0.29) is 20.2 Å². The minimum Gasteiger partial charge on any atom is -0.496 e. The second-order valence-corrected chi connectivity index (χ2v) is 12.8. The number of carbonyl (C=O) groups excluding carboxylic acids is 3. The van der Waals surface area contributed by atoms with Crippen LogP contribution in [0.1, 0.15) is 38.9 Å². The Morgan fingerprint density at radius 3 is 1.69 bits per heavy atom. The molecule has 18 heteroatoms. The number of ether oxygens (including phenoxy) is 7. The van der Waals surface area contributed by atoms with Crippen molar-refractivity contribution in [3.63, 3.8) is 0 Å². The Morgan fingerprint density at radius 1 is 0.576 bits per heavy atom. The maximum absolute atomic E-state index is 12.1. The first kappa shape index (κ1) is 44.8. The zero-order valence-corrected chi connectivity index (χ0v) is 32.3. The number of primary amides is 2. The number of carboxylic acid groups (broad SMARTS) is 2. The first-order valence-electron chi connectivity index (χ1n) is 17.8. The number of benzene rings is 4. The number of carbonyl (C=O) groups is 5. The Morgan fingerprint density at radius 2 is 1.12 bits per heavy atom. The molecule has 0 aliphatic rings. The van der Waals surface area contributed by atoms with E-state index in [0.29, 0.717) is 59.1 Å². The van der Waals surface area contributed by atoms with Gasteiger partial charge < -0.3 is 54.8 Å². The highest BCUT2D eigenvalue weighted by atomic mass is 17.2. The number of aliphatic carboxylic acids is 2. The first-order chi connectivity index (χ1) is 28.3. The minimum atomic E-state index is -1.16. The molecule has 18 nitrogen and oxygen atoms in total. The van der Waals surface area contributed by atoms with Gasteiger partial charge in [0.15, 0.2) is 33.4 Å². The molecule has 4 aromatic rings. The molecule has 0 heterocycles. The SMILES string of the molecule is COc1c(C)cc(OCC(=O)O)cc1Cc1cc(Cc2cc(Cc3ccccc3OCC(=O)OOCC(N)=O)cc(OCOCC(=O)O)c2)cc(OCOCC(N)=O)c1. The van der Waals surface area contributed by atoms with Crippen LogP contribution in [-0.2, 0) is 62.5 Å². The minimum absolute atomic E-state index is 0.268. The number of hydrogen-bond donors (Lipinski definition) is 4. The van der Waals surface area contributed by atoms with Gasteiger partial charge in [0.05, 0.1) is 7.11 Å². The standard InChI is InChI=1S/C41H44N2O16/c1-25-7-32(54-21-39(48)49)17-31(41(25)51-2)12-29-10-27(14-34(16-29)56-23-52-18-36(42)44)8-26-9-28(15-33(13-26)57-24-53-20-38(46)47)11-30-5-3-4-6-35(30)55-22-40(50)59-58-19-37(43)45/h3-7,9-10,13-17H,8,11-12,18-24H2,1-2H3,(H2,42,44)(H2,43,45)(H,46,47)(H,48,49). The lowest BCUT2D eigenvalue weighted by Crippen LogP contribution is -2.22. The quantitative estimate of drug-likeness (QED) is 0.0307. The van der Waals surface area contributed by atoms with Gasteiger partial charge in [-0.25, -0.2) is 14.4 Å². The maximum Gasteiger partial charge on any atom is 0.379 e. The largest absolute Gasteiger partial charge is 0.496 e. The summed E-state index contributed by atoms with van der Waals surface area (Å²) in [6, 6.07) is 21.4. The number of amides is 2. The summed E-state index contributed by atoms with van der Waals surface area (Å²) in [4.78, 5) is 65.4. The third-order valence-electron chi connectivity index (χ3n) is 7.90. The Kier molecular flexibility index (Phi) is 17.3. The third-order valence-corrected chi connectivity index (χ3v) is 7.90. The smallest absolute Gasteiger partial charge is 0.379 e. The topological polar surface area (TPSA) is 261 Å². The highest BCUT2D eigenvalue weighted by Gasteiger charge is 2.16. The van der Waals surface area contributed by atoms with E-state index in [4.69, 9.17) is 54.8 Å². The molecule has 4 aromatic carbocycles. The van der Waals surface area contributed by atoms with Crippen LogP contribution in [0.15, 0.2) is 72.8 Å². The van der Waals surface area contributed by atoms with Crippen LogP contribution in [0.2, 0.25) is 0 Å². The summed E-state index contributed by atoms with van der Waals surface area (Å²) < 4.78 is 38.9. The lowest BCUT2D eigenvalue weighted by molar-refractivity contribution is -0.269. The molecule has 0 aliphatic heterocycles. The van der Waals surface area contributed by atoms with Gasteiger partial charge in [-0.2, -0.15) is 4.89 Å². The van der Waals surface area contributed by atoms with Gasteiger partial charge >= 0.3 is 17.9 Å². The summed E-state index contributed by atoms with van der Waals surface area (Å²) in [5.41, 5.74) is 15.4. The van der Waals surface area contributed by atoms with E-state index in [1.807, 2.05) is 19.1 Å². The molecule has 0 atom stereocenters. The summed E-state index contributed by atoms with van der Waals surface area (Å²) in [6.45, 7) is -1.36. The molecular weight excluding hydrogens is 776 g/mol. The van der Waals surface area contributed by atoms with Crippen molar-refractivity contribution in [2.24, 2.45) is 11.5 Å². The van der Waals surface area contributed by atoms with Crippen LogP contribution in [0, 0.1) is 6.92 Å². The van der Waals surface area contributed by atoms with Gasteiger partial charge in [0, 0.05) is 18.4 Å². The number of carboxylic acids is 2. The van der Waals surface area contributed by atoms with E-state index in [2.05, 4.69) is 9.78 Å². The number of nitrogens with two attached hydrogens (primary N) is 2. The van der Waals surface area contributed by atoms with Crippen LogP contribution in [0.3, 0.4) is 0 Å². The number of methoxy groups -OCH3 is 1. The van der Waals surface area contributed by atoms with Gasteiger partial charge in [0.2, 0.25) is 11.8 Å². The summed E-state index contributed by atoms with van der Waals surface area (Å²) in [5.74, 6) is -2.56. The van der Waals surface area contributed by atoms with E-state index in [0.717, 1.165) is 27.8 Å². The summed E-state index contributed by atoms with van der Waals surface area (Å²) >= 11 is 0. The zero-order valence-electron chi connectivity index (χ0n) is 32.3. The van der Waals surface area contributed by atoms with E-state index in [1.54, 1.807) is 60.7 Å². The number of hydrogen-bond acceptors (Lipinski definition) is 14. The second kappa shape index (κ2) is 22.7. The second-order valence-electron chi connectivity index (χ2n) is 12.8. The molecule has 0 saturated carbocycles. The molecule has 4 rings (SSSR count). The number of rotatable bonds is 26. The molecular formula is C41H44N2O16. The predicted octanol–water partition coefficient (Wildman–Crippen LogP) is 2.85. The fourth-order valence-corrected chi connectivity index (χ4v) is 5.77. The van der Waals surface area contributed by atoms with Crippen LogP contribution in [-0.4, -0.2) is 93.7 Å². The van der Waals surface area contributed by atoms with Crippen LogP contribution in [0.25, 0.3) is 0 Å². The van der Waals surface area contributed by atoms with Crippen molar-refractivity contribution >= 4 is 29.7 Å². The summed E-state index contributed by atoms with van der Waals surface area (Å²) in [5, 5.41) is 18.2. The average molecular weight is 821 g/mol. The van der Waals surface area contributed by atoms with Crippen LogP contribution >= 0.6 is 0 Å². The van der Waals surface area contributed by atoms with Crippen LogP contribution in [0.5, 0.6) is 28.7 Å². The van der Waals surface area contributed by atoms with E-state index >= 15 is 0 Å². The summed E-state index contributed by atoms with van der Waals surface area (Å²) in [6.07, 6.45) is 0.950. The van der Waals surface area contributed by atoms with Crippen LogP contribution in [0.4, 0.5) is 0 Å². The van der Waals surface area contributed by atoms with Crippen molar-refractivity contribution in [3.05, 3.63) is 112 Å². The molecule has 0 bridgehead atoms. The Hall–Kier alpha value is -6.89. The van der Waals surface area contributed by atoms with Crippen LogP contribution < -0.4 is 35.2 Å². The average Bonchev–Trinajstić information content (AvgIpc) is 3.16.